The van der Waals surface area contributed by atoms with Crippen molar-refractivity contribution in [2.24, 2.45) is 4.99 Å². The minimum absolute atomic E-state index is 0.00693. The van der Waals surface area contributed by atoms with E-state index in [0.29, 0.717) is 20.8 Å². The van der Waals surface area contributed by atoms with Gasteiger partial charge in [0.25, 0.3) is 11.2 Å². The first-order valence-corrected chi connectivity index (χ1v) is 13.2. The molecule has 0 N–H and O–H groups in total. The van der Waals surface area contributed by atoms with Crippen molar-refractivity contribution in [3.8, 4) is 17.2 Å². The number of methoxy groups -OCH3 is 1. The lowest BCUT2D eigenvalue weighted by Gasteiger charge is -2.30. The van der Waals surface area contributed by atoms with Crippen LogP contribution in [0, 0.1) is 10.1 Å². The second kappa shape index (κ2) is 8.95. The van der Waals surface area contributed by atoms with Crippen molar-refractivity contribution in [3.63, 3.8) is 0 Å². The highest BCUT2D eigenvalue weighted by Gasteiger charge is 2.33. The number of hydrogen-bond donors (Lipinski definition) is 0. The zero-order valence-electron chi connectivity index (χ0n) is 20.7. The largest absolute Gasteiger partial charge is 0.497 e. The number of aryl methyl sites for hydroxylation is 1. The number of nitro groups is 1. The fourth-order valence-corrected chi connectivity index (χ4v) is 6.46. The van der Waals surface area contributed by atoms with Gasteiger partial charge in [0.05, 0.1) is 39.9 Å². The van der Waals surface area contributed by atoms with Crippen LogP contribution < -0.4 is 29.1 Å². The van der Waals surface area contributed by atoms with Gasteiger partial charge in [-0.15, -0.1) is 0 Å². The average Bonchev–Trinajstić information content (AvgIpc) is 3.54. The first-order valence-electron chi connectivity index (χ1n) is 12.4. The van der Waals surface area contributed by atoms with Gasteiger partial charge in [-0.3, -0.25) is 19.5 Å². The Balaban J connectivity index is 1.47. The van der Waals surface area contributed by atoms with Crippen molar-refractivity contribution in [1.29, 1.82) is 0 Å². The van der Waals surface area contributed by atoms with Crippen molar-refractivity contribution in [1.82, 2.24) is 4.57 Å². The number of benzene rings is 3. The van der Waals surface area contributed by atoms with Crippen LogP contribution in [0.5, 0.6) is 17.2 Å². The number of nitro benzene ring substituents is 1. The van der Waals surface area contributed by atoms with E-state index in [1.165, 1.54) is 23.0 Å². The van der Waals surface area contributed by atoms with Crippen LogP contribution in [0.4, 0.5) is 5.69 Å². The minimum atomic E-state index is -0.485. The lowest BCUT2D eigenvalue weighted by atomic mass is 9.83. The Morgan fingerprint density at radius 2 is 1.87 bits per heavy atom. The van der Waals surface area contributed by atoms with Gasteiger partial charge in [-0.1, -0.05) is 47.7 Å². The third kappa shape index (κ3) is 3.75. The number of thiazole rings is 1. The molecular formula is C29H21N3O6S. The summed E-state index contributed by atoms with van der Waals surface area (Å²) in [6, 6.07) is 18.5. The number of aromatic nitrogens is 1. The van der Waals surface area contributed by atoms with E-state index < -0.39 is 4.92 Å². The molecule has 9 nitrogen and oxygen atoms in total. The molecule has 39 heavy (non-hydrogen) atoms. The number of hydrogen-bond acceptors (Lipinski definition) is 8. The van der Waals surface area contributed by atoms with Crippen molar-refractivity contribution < 1.29 is 19.1 Å². The van der Waals surface area contributed by atoms with E-state index in [0.717, 1.165) is 41.0 Å². The van der Waals surface area contributed by atoms with Gasteiger partial charge in [0, 0.05) is 5.56 Å². The van der Waals surface area contributed by atoms with Crippen molar-refractivity contribution >= 4 is 28.8 Å². The Kier molecular flexibility index (Phi) is 5.38. The average molecular weight is 540 g/mol. The molecule has 10 heteroatoms. The maximum atomic E-state index is 14.0. The third-order valence-corrected chi connectivity index (χ3v) is 8.29. The summed E-state index contributed by atoms with van der Waals surface area (Å²) in [5.74, 6) is 1.44. The molecule has 0 fully saturated rings. The van der Waals surface area contributed by atoms with E-state index in [2.05, 4.69) is 12.1 Å². The summed E-state index contributed by atoms with van der Waals surface area (Å²) < 4.78 is 18.2. The Hall–Kier alpha value is -4.70. The van der Waals surface area contributed by atoms with Crippen LogP contribution in [0.15, 0.2) is 76.0 Å². The molecule has 0 saturated carbocycles. The van der Waals surface area contributed by atoms with Gasteiger partial charge < -0.3 is 14.2 Å². The summed E-state index contributed by atoms with van der Waals surface area (Å²) >= 11 is 1.22. The zero-order chi connectivity index (χ0) is 26.7. The molecule has 0 radical (unpaired) electrons. The molecule has 0 unspecified atom stereocenters. The molecule has 0 spiro atoms. The molecule has 2 aliphatic heterocycles. The molecule has 194 valence electrons. The normalized spacial score (nSPS) is 17.3. The summed E-state index contributed by atoms with van der Waals surface area (Å²) in [6.45, 7) is -0.00693. The molecule has 7 rings (SSSR count). The van der Waals surface area contributed by atoms with E-state index in [1.54, 1.807) is 23.8 Å². The van der Waals surface area contributed by atoms with Gasteiger partial charge in [0.2, 0.25) is 6.79 Å². The van der Waals surface area contributed by atoms with Gasteiger partial charge in [0.15, 0.2) is 16.3 Å². The van der Waals surface area contributed by atoms with Crippen molar-refractivity contribution in [3.05, 3.63) is 118 Å². The fourth-order valence-electron chi connectivity index (χ4n) is 5.47. The minimum Gasteiger partial charge on any atom is -0.497 e. The van der Waals surface area contributed by atoms with Crippen LogP contribution in [0.2, 0.25) is 0 Å². The highest BCUT2D eigenvalue weighted by atomic mass is 32.1. The summed E-state index contributed by atoms with van der Waals surface area (Å²) in [5, 5.41) is 11.8. The molecule has 1 aromatic heterocycles. The second-order valence-corrected chi connectivity index (χ2v) is 10.4. The van der Waals surface area contributed by atoms with E-state index in [-0.39, 0.29) is 29.6 Å². The van der Waals surface area contributed by atoms with Crippen LogP contribution >= 0.6 is 11.3 Å². The lowest BCUT2D eigenvalue weighted by Crippen LogP contribution is -2.38. The summed E-state index contributed by atoms with van der Waals surface area (Å²) in [7, 11) is 1.62. The van der Waals surface area contributed by atoms with Crippen LogP contribution in [-0.2, 0) is 6.42 Å². The van der Waals surface area contributed by atoms with Crippen LogP contribution in [0.1, 0.15) is 34.7 Å². The van der Waals surface area contributed by atoms with Crippen LogP contribution in [-0.4, -0.2) is 23.4 Å². The molecule has 1 atom stereocenters. The fraction of sp³-hybridized carbons (Fsp3) is 0.172. The Bertz CT molecular complexity index is 1890. The SMILES string of the molecule is COc1ccc([C@H]2C3=C(N=c4s/c(=C/c5cc6c(cc5[N+](=O)[O-])OCO6)c(=O)n42)c2ccccc2CC3)cc1. The Morgan fingerprint density at radius 1 is 1.10 bits per heavy atom. The molecule has 0 amide bonds. The van der Waals surface area contributed by atoms with Gasteiger partial charge in [-0.2, -0.15) is 0 Å². The maximum Gasteiger partial charge on any atom is 0.280 e. The number of nitrogens with zero attached hydrogens (tertiary/aromatic N) is 3. The predicted molar refractivity (Wildman–Crippen MR) is 145 cm³/mol. The second-order valence-electron chi connectivity index (χ2n) is 9.41. The monoisotopic (exact) mass is 539 g/mol. The standard InChI is InChI=1S/C29H21N3O6S/c1-36-19-9-6-17(7-10-19)27-21-11-8-16-4-2-3-5-20(16)26(21)30-29-31(27)28(33)25(39-29)13-18-12-23-24(38-15-37-23)14-22(18)32(34)35/h2-7,9-10,12-14,27H,8,11,15H2,1H3/b25-13+/t27-/m0/s1. The first-order chi connectivity index (χ1) is 19.0. The smallest absolute Gasteiger partial charge is 0.280 e. The number of rotatable bonds is 4. The van der Waals surface area contributed by atoms with Gasteiger partial charge >= 0.3 is 0 Å². The molecular weight excluding hydrogens is 518 g/mol. The molecule has 3 heterocycles. The topological polar surface area (TPSA) is 105 Å². The number of ether oxygens (including phenoxy) is 3. The van der Waals surface area contributed by atoms with Crippen LogP contribution in [0.25, 0.3) is 11.8 Å². The number of allylic oxidation sites excluding steroid dienone is 1. The highest BCUT2D eigenvalue weighted by Crippen LogP contribution is 2.42. The molecule has 4 aromatic rings. The van der Waals surface area contributed by atoms with Crippen molar-refractivity contribution in [2.75, 3.05) is 13.9 Å². The highest BCUT2D eigenvalue weighted by molar-refractivity contribution is 7.07. The third-order valence-electron chi connectivity index (χ3n) is 7.31. The summed E-state index contributed by atoms with van der Waals surface area (Å²) in [4.78, 5) is 30.9. The maximum absolute atomic E-state index is 14.0. The predicted octanol–water partition coefficient (Wildman–Crippen LogP) is 3.96. The zero-order valence-corrected chi connectivity index (χ0v) is 21.6. The Morgan fingerprint density at radius 3 is 2.64 bits per heavy atom. The first kappa shape index (κ1) is 23.4. The lowest BCUT2D eigenvalue weighted by molar-refractivity contribution is -0.385. The number of fused-ring (bicyclic) bond motifs is 4. The molecule has 0 bridgehead atoms. The quantitative estimate of drug-likeness (QED) is 0.287. The van der Waals surface area contributed by atoms with Gasteiger partial charge in [0.1, 0.15) is 5.75 Å². The van der Waals surface area contributed by atoms with E-state index in [9.17, 15) is 14.9 Å². The molecule has 0 saturated heterocycles. The van der Waals surface area contributed by atoms with E-state index >= 15 is 0 Å². The summed E-state index contributed by atoms with van der Waals surface area (Å²) in [6.07, 6.45) is 3.17. The van der Waals surface area contributed by atoms with Crippen molar-refractivity contribution in [2.45, 2.75) is 18.9 Å². The van der Waals surface area contributed by atoms with E-state index in [4.69, 9.17) is 19.2 Å². The van der Waals surface area contributed by atoms with E-state index in [1.807, 2.05) is 36.4 Å². The Labute approximate surface area is 225 Å². The molecule has 3 aliphatic rings. The summed E-state index contributed by atoms with van der Waals surface area (Å²) in [5.41, 5.74) is 5.06. The molecule has 3 aromatic carbocycles. The van der Waals surface area contributed by atoms with Gasteiger partial charge in [-0.25, -0.2) is 4.99 Å². The molecule has 1 aliphatic carbocycles. The van der Waals surface area contributed by atoms with Gasteiger partial charge in [-0.05, 0) is 53.8 Å². The van der Waals surface area contributed by atoms with Crippen LogP contribution in [0.3, 0.4) is 0 Å².